The van der Waals surface area contributed by atoms with Crippen LogP contribution in [0, 0.1) is 0 Å². The highest BCUT2D eigenvalue weighted by Crippen LogP contribution is 2.35. The van der Waals surface area contributed by atoms with E-state index in [9.17, 15) is 4.79 Å². The van der Waals surface area contributed by atoms with E-state index in [-0.39, 0.29) is 11.7 Å². The van der Waals surface area contributed by atoms with Crippen LogP contribution in [0.15, 0.2) is 29.3 Å². The van der Waals surface area contributed by atoms with Gasteiger partial charge in [0.25, 0.3) is 5.56 Å². The third-order valence-corrected chi connectivity index (χ3v) is 5.82. The summed E-state index contributed by atoms with van der Waals surface area (Å²) in [5.74, 6) is 1.71. The van der Waals surface area contributed by atoms with Crippen LogP contribution in [0.5, 0.6) is 11.5 Å². The maximum absolute atomic E-state index is 12.9. The summed E-state index contributed by atoms with van der Waals surface area (Å²) >= 11 is 1.59. The van der Waals surface area contributed by atoms with Crippen molar-refractivity contribution >= 4 is 21.6 Å². The third-order valence-electron chi connectivity index (χ3n) is 4.64. The largest absolute Gasteiger partial charge is 0.494 e. The average Bonchev–Trinajstić information content (AvgIpc) is 3.20. The lowest BCUT2D eigenvalue weighted by atomic mass is 10.1. The minimum Gasteiger partial charge on any atom is -0.494 e. The van der Waals surface area contributed by atoms with E-state index in [2.05, 4.69) is 24.9 Å². The molecule has 1 aliphatic heterocycles. The van der Waals surface area contributed by atoms with Gasteiger partial charge in [-0.3, -0.25) is 9.36 Å². The Morgan fingerprint density at radius 2 is 2.19 bits per heavy atom. The summed E-state index contributed by atoms with van der Waals surface area (Å²) in [6, 6.07) is 6.02. The van der Waals surface area contributed by atoms with E-state index in [1.807, 2.05) is 19.1 Å². The summed E-state index contributed by atoms with van der Waals surface area (Å²) in [5.41, 5.74) is 2.09. The van der Waals surface area contributed by atoms with Crippen LogP contribution in [0.2, 0.25) is 0 Å². The molecule has 0 spiro atoms. The van der Waals surface area contributed by atoms with E-state index in [1.165, 1.54) is 4.88 Å². The molecule has 6 heteroatoms. The zero-order valence-corrected chi connectivity index (χ0v) is 16.1. The molecule has 0 amide bonds. The maximum Gasteiger partial charge on any atom is 0.262 e. The normalized spacial score (nSPS) is 15.9. The molecule has 0 aliphatic carbocycles. The van der Waals surface area contributed by atoms with Crippen LogP contribution in [0.4, 0.5) is 0 Å². The van der Waals surface area contributed by atoms with Crippen LogP contribution in [0.3, 0.4) is 0 Å². The summed E-state index contributed by atoms with van der Waals surface area (Å²) in [7, 11) is 0. The summed E-state index contributed by atoms with van der Waals surface area (Å²) in [4.78, 5) is 19.3. The molecule has 136 valence electrons. The molecule has 1 aromatic carbocycles. The first-order valence-electron chi connectivity index (χ1n) is 9.02. The molecular weight excluding hydrogens is 348 g/mol. The number of thiophene rings is 1. The predicted molar refractivity (Wildman–Crippen MR) is 104 cm³/mol. The minimum atomic E-state index is -0.0109. The second-order valence-electron chi connectivity index (χ2n) is 6.60. The number of aromatic nitrogens is 2. The molecule has 5 nitrogen and oxygen atoms in total. The van der Waals surface area contributed by atoms with Gasteiger partial charge in [0.1, 0.15) is 22.4 Å². The fraction of sp³-hybridized carbons (Fsp3) is 0.400. The van der Waals surface area contributed by atoms with Crippen LogP contribution in [0.25, 0.3) is 10.2 Å². The van der Waals surface area contributed by atoms with Gasteiger partial charge in [0, 0.05) is 22.4 Å². The molecule has 0 N–H and O–H groups in total. The number of ether oxygens (including phenoxy) is 2. The van der Waals surface area contributed by atoms with Crippen molar-refractivity contribution in [3.63, 3.8) is 0 Å². The molecule has 2 aromatic heterocycles. The molecule has 0 fully saturated rings. The monoisotopic (exact) mass is 370 g/mol. The number of rotatable bonds is 5. The highest BCUT2D eigenvalue weighted by molar-refractivity contribution is 7.18. The van der Waals surface area contributed by atoms with Crippen molar-refractivity contribution in [2.45, 2.75) is 46.3 Å². The highest BCUT2D eigenvalue weighted by atomic mass is 32.1. The first-order chi connectivity index (χ1) is 12.6. The lowest BCUT2D eigenvalue weighted by Crippen LogP contribution is -2.21. The first-order valence-corrected chi connectivity index (χ1v) is 9.83. The van der Waals surface area contributed by atoms with Crippen molar-refractivity contribution in [3.8, 4) is 11.5 Å². The summed E-state index contributed by atoms with van der Waals surface area (Å²) < 4.78 is 13.4. The van der Waals surface area contributed by atoms with Gasteiger partial charge in [-0.15, -0.1) is 11.3 Å². The van der Waals surface area contributed by atoms with Gasteiger partial charge in [0.2, 0.25) is 0 Å². The van der Waals surface area contributed by atoms with Gasteiger partial charge >= 0.3 is 0 Å². The van der Waals surface area contributed by atoms with Gasteiger partial charge in [-0.2, -0.15) is 0 Å². The van der Waals surface area contributed by atoms with Crippen molar-refractivity contribution in [3.05, 3.63) is 50.9 Å². The zero-order valence-electron chi connectivity index (χ0n) is 15.2. The topological polar surface area (TPSA) is 53.4 Å². The number of hydrogen-bond acceptors (Lipinski definition) is 5. The second-order valence-corrected chi connectivity index (χ2v) is 7.71. The quantitative estimate of drug-likeness (QED) is 0.686. The number of aryl methyl sites for hydroxylation is 1. The van der Waals surface area contributed by atoms with Crippen LogP contribution in [-0.2, 0) is 19.4 Å². The lowest BCUT2D eigenvalue weighted by Gasteiger charge is -2.13. The molecule has 0 radical (unpaired) electrons. The third kappa shape index (κ3) is 2.98. The molecule has 3 heterocycles. The SMILES string of the molecule is CCOc1cc2c(cc1Cn1cnc3sc(CC)cc3c1=O)OC(C)C2. The Hall–Kier alpha value is -2.34. The van der Waals surface area contributed by atoms with Crippen LogP contribution < -0.4 is 15.0 Å². The first kappa shape index (κ1) is 17.1. The van der Waals surface area contributed by atoms with Crippen molar-refractivity contribution in [1.82, 2.24) is 9.55 Å². The number of hydrogen-bond donors (Lipinski definition) is 0. The molecule has 0 bridgehead atoms. The van der Waals surface area contributed by atoms with Gasteiger partial charge in [-0.25, -0.2) is 4.98 Å². The average molecular weight is 370 g/mol. The van der Waals surface area contributed by atoms with E-state index in [0.29, 0.717) is 18.5 Å². The fourth-order valence-corrected chi connectivity index (χ4v) is 4.30. The van der Waals surface area contributed by atoms with E-state index < -0.39 is 0 Å². The van der Waals surface area contributed by atoms with Crippen molar-refractivity contribution in [2.75, 3.05) is 6.61 Å². The Morgan fingerprint density at radius 3 is 2.96 bits per heavy atom. The van der Waals surface area contributed by atoms with Gasteiger partial charge < -0.3 is 9.47 Å². The van der Waals surface area contributed by atoms with Crippen molar-refractivity contribution in [2.24, 2.45) is 0 Å². The fourth-order valence-electron chi connectivity index (χ4n) is 3.38. The van der Waals surface area contributed by atoms with E-state index in [1.54, 1.807) is 22.2 Å². The van der Waals surface area contributed by atoms with E-state index in [0.717, 1.165) is 40.3 Å². The molecule has 26 heavy (non-hydrogen) atoms. The smallest absolute Gasteiger partial charge is 0.262 e. The summed E-state index contributed by atoms with van der Waals surface area (Å²) in [6.45, 7) is 7.11. The minimum absolute atomic E-state index is 0.0109. The molecular formula is C20H22N2O3S. The summed E-state index contributed by atoms with van der Waals surface area (Å²) in [5, 5.41) is 0.693. The lowest BCUT2D eigenvalue weighted by molar-refractivity contribution is 0.254. The van der Waals surface area contributed by atoms with Gasteiger partial charge in [0.05, 0.1) is 24.9 Å². The molecule has 1 unspecified atom stereocenters. The van der Waals surface area contributed by atoms with E-state index >= 15 is 0 Å². The number of nitrogens with zero attached hydrogens (tertiary/aromatic N) is 2. The van der Waals surface area contributed by atoms with Crippen molar-refractivity contribution in [1.29, 1.82) is 0 Å². The number of fused-ring (bicyclic) bond motifs is 2. The Balaban J connectivity index is 1.75. The molecule has 1 atom stereocenters. The van der Waals surface area contributed by atoms with Crippen LogP contribution in [0.1, 0.15) is 36.8 Å². The van der Waals surface area contributed by atoms with Crippen LogP contribution >= 0.6 is 11.3 Å². The van der Waals surface area contributed by atoms with Gasteiger partial charge in [0.15, 0.2) is 0 Å². The van der Waals surface area contributed by atoms with Crippen molar-refractivity contribution < 1.29 is 9.47 Å². The van der Waals surface area contributed by atoms with Gasteiger partial charge in [-0.05, 0) is 38.5 Å². The highest BCUT2D eigenvalue weighted by Gasteiger charge is 2.22. The van der Waals surface area contributed by atoms with Crippen LogP contribution in [-0.4, -0.2) is 22.3 Å². The number of benzene rings is 1. The van der Waals surface area contributed by atoms with E-state index in [4.69, 9.17) is 9.47 Å². The molecule has 0 saturated carbocycles. The Morgan fingerprint density at radius 1 is 1.35 bits per heavy atom. The predicted octanol–water partition coefficient (Wildman–Crippen LogP) is 3.79. The standard InChI is InChI=1S/C20H22N2O3S/c1-4-15-9-16-19(26-15)21-11-22(20(16)23)10-14-8-18-13(6-12(3)25-18)7-17(14)24-5-2/h7-9,11-12H,4-6,10H2,1-3H3. The Labute approximate surface area is 156 Å². The second kappa shape index (κ2) is 6.76. The summed E-state index contributed by atoms with van der Waals surface area (Å²) in [6.07, 6.45) is 3.61. The molecule has 3 aromatic rings. The molecule has 4 rings (SSSR count). The zero-order chi connectivity index (χ0) is 18.3. The Bertz CT molecular complexity index is 1020. The molecule has 1 aliphatic rings. The van der Waals surface area contributed by atoms with Gasteiger partial charge in [-0.1, -0.05) is 6.92 Å². The maximum atomic E-state index is 12.9. The molecule has 0 saturated heterocycles. The Kier molecular flexibility index (Phi) is 4.44.